The van der Waals surface area contributed by atoms with E-state index in [0.717, 1.165) is 5.56 Å². The van der Waals surface area contributed by atoms with E-state index >= 15 is 0 Å². The molecule has 0 saturated carbocycles. The van der Waals surface area contributed by atoms with Gasteiger partial charge in [0, 0.05) is 26.2 Å². The third-order valence-electron chi connectivity index (χ3n) is 7.25. The normalized spacial score (nSPS) is 29.8. The van der Waals surface area contributed by atoms with Gasteiger partial charge in [-0.2, -0.15) is 0 Å². The number of unbranched alkanes of at least 4 members (excludes halogenated alkanes) is 2. The molecule has 3 heterocycles. The number of rotatable bonds is 11. The predicted octanol–water partition coefficient (Wildman–Crippen LogP) is 1.82. The van der Waals surface area contributed by atoms with Crippen molar-refractivity contribution in [2.75, 3.05) is 19.7 Å². The van der Waals surface area contributed by atoms with Crippen molar-refractivity contribution in [3.8, 4) is 0 Å². The standard InChI is InChI=1S/C25H32N2O6/c1-2-13-26(16-17-9-5-3-6-10-17)23(30)21-25-12-11-18(33-25)19(24(31)32)20(25)22(29)27(21)14-7-4-8-15-28/h2-3,5-6,9-10,18-21,28H,1,4,7-8,11-16H2,(H,31,32)/t18-,19+,20+,21-,25+/m1/s1. The van der Waals surface area contributed by atoms with Crippen LogP contribution in [0.3, 0.4) is 0 Å². The highest BCUT2D eigenvalue weighted by molar-refractivity contribution is 5.98. The van der Waals surface area contributed by atoms with Gasteiger partial charge < -0.3 is 24.7 Å². The zero-order valence-electron chi connectivity index (χ0n) is 18.8. The number of hydrogen-bond donors (Lipinski definition) is 2. The zero-order chi connectivity index (χ0) is 23.6. The van der Waals surface area contributed by atoms with Gasteiger partial charge in [0.15, 0.2) is 0 Å². The number of fused-ring (bicyclic) bond motifs is 1. The summed E-state index contributed by atoms with van der Waals surface area (Å²) in [5.41, 5.74) is -0.143. The van der Waals surface area contributed by atoms with Gasteiger partial charge in [-0.3, -0.25) is 14.4 Å². The number of aliphatic hydroxyl groups excluding tert-OH is 1. The summed E-state index contributed by atoms with van der Waals surface area (Å²) in [6, 6.07) is 8.75. The Morgan fingerprint density at radius 1 is 1.24 bits per heavy atom. The van der Waals surface area contributed by atoms with Crippen molar-refractivity contribution in [1.82, 2.24) is 9.80 Å². The zero-order valence-corrected chi connectivity index (χ0v) is 18.8. The quantitative estimate of drug-likeness (QED) is 0.389. The Morgan fingerprint density at radius 3 is 2.67 bits per heavy atom. The molecule has 1 aromatic rings. The van der Waals surface area contributed by atoms with Crippen LogP contribution in [0.5, 0.6) is 0 Å². The summed E-state index contributed by atoms with van der Waals surface area (Å²) in [6.07, 6.45) is 4.10. The molecular weight excluding hydrogens is 424 g/mol. The van der Waals surface area contributed by atoms with Gasteiger partial charge in [0.05, 0.1) is 17.9 Å². The van der Waals surface area contributed by atoms with E-state index in [1.165, 1.54) is 0 Å². The van der Waals surface area contributed by atoms with Crippen molar-refractivity contribution in [2.24, 2.45) is 11.8 Å². The lowest BCUT2D eigenvalue weighted by atomic mass is 9.70. The molecule has 8 nitrogen and oxygen atoms in total. The Kier molecular flexibility index (Phi) is 6.86. The number of carbonyl (C=O) groups excluding carboxylic acids is 2. The summed E-state index contributed by atoms with van der Waals surface area (Å²) in [4.78, 5) is 42.8. The highest BCUT2D eigenvalue weighted by atomic mass is 16.5. The van der Waals surface area contributed by atoms with Crippen LogP contribution in [0.2, 0.25) is 0 Å². The fourth-order valence-electron chi connectivity index (χ4n) is 5.89. The molecule has 2 N–H and O–H groups in total. The van der Waals surface area contributed by atoms with Crippen LogP contribution in [0.1, 0.15) is 37.7 Å². The first-order valence-electron chi connectivity index (χ1n) is 11.7. The molecule has 0 aromatic heterocycles. The Morgan fingerprint density at radius 2 is 2.00 bits per heavy atom. The molecule has 0 radical (unpaired) electrons. The van der Waals surface area contributed by atoms with Crippen LogP contribution in [-0.2, 0) is 25.7 Å². The lowest BCUT2D eigenvalue weighted by molar-refractivity contribution is -0.151. The van der Waals surface area contributed by atoms with Gasteiger partial charge in [0.1, 0.15) is 11.6 Å². The van der Waals surface area contributed by atoms with Crippen molar-refractivity contribution in [3.63, 3.8) is 0 Å². The second kappa shape index (κ2) is 9.65. The summed E-state index contributed by atoms with van der Waals surface area (Å²) < 4.78 is 6.24. The first-order valence-corrected chi connectivity index (χ1v) is 11.7. The summed E-state index contributed by atoms with van der Waals surface area (Å²) >= 11 is 0. The number of likely N-dealkylation sites (tertiary alicyclic amines) is 1. The topological polar surface area (TPSA) is 107 Å². The van der Waals surface area contributed by atoms with Gasteiger partial charge in [0.2, 0.25) is 11.8 Å². The highest BCUT2D eigenvalue weighted by Gasteiger charge is 2.74. The lowest BCUT2D eigenvalue weighted by Crippen LogP contribution is -2.56. The minimum absolute atomic E-state index is 0.0684. The molecule has 5 atom stereocenters. The monoisotopic (exact) mass is 456 g/mol. The number of benzene rings is 1. The summed E-state index contributed by atoms with van der Waals surface area (Å²) in [5.74, 6) is -3.34. The molecule has 33 heavy (non-hydrogen) atoms. The lowest BCUT2D eigenvalue weighted by Gasteiger charge is -2.36. The Hall–Kier alpha value is -2.71. The number of aliphatic carboxylic acids is 1. The van der Waals surface area contributed by atoms with Gasteiger partial charge in [0.25, 0.3) is 0 Å². The van der Waals surface area contributed by atoms with Gasteiger partial charge in [-0.25, -0.2) is 0 Å². The van der Waals surface area contributed by atoms with Crippen LogP contribution in [0, 0.1) is 11.8 Å². The molecule has 8 heteroatoms. The van der Waals surface area contributed by atoms with E-state index in [9.17, 15) is 19.5 Å². The van der Waals surface area contributed by atoms with Gasteiger partial charge in [-0.05, 0) is 37.7 Å². The number of carbonyl (C=O) groups is 3. The minimum Gasteiger partial charge on any atom is -0.481 e. The van der Waals surface area contributed by atoms with Crippen molar-refractivity contribution in [3.05, 3.63) is 48.6 Å². The molecule has 1 aromatic carbocycles. The SMILES string of the molecule is C=CCN(Cc1ccccc1)C(=O)[C@H]1N(CCCCCO)C(=O)[C@@H]2[C@@H](C(=O)O)[C@H]3CC[C@]21O3. The maximum Gasteiger partial charge on any atom is 0.310 e. The van der Waals surface area contributed by atoms with Crippen molar-refractivity contribution in [2.45, 2.75) is 56.4 Å². The number of carboxylic acids is 1. The molecule has 178 valence electrons. The Bertz CT molecular complexity index is 905. The second-order valence-electron chi connectivity index (χ2n) is 9.20. The molecule has 3 saturated heterocycles. The molecule has 1 spiro atoms. The molecule has 4 rings (SSSR count). The van der Waals surface area contributed by atoms with Crippen molar-refractivity contribution < 1.29 is 29.3 Å². The average Bonchev–Trinajstić information content (AvgIpc) is 3.44. The number of amides is 2. The van der Waals surface area contributed by atoms with Gasteiger partial charge in [-0.1, -0.05) is 36.4 Å². The second-order valence-corrected chi connectivity index (χ2v) is 9.20. The van der Waals surface area contributed by atoms with Crippen molar-refractivity contribution >= 4 is 17.8 Å². The summed E-state index contributed by atoms with van der Waals surface area (Å²) in [5, 5.41) is 19.0. The van der Waals surface area contributed by atoms with E-state index in [1.807, 2.05) is 30.3 Å². The van der Waals surface area contributed by atoms with E-state index in [2.05, 4.69) is 6.58 Å². The third-order valence-corrected chi connectivity index (χ3v) is 7.25. The fraction of sp³-hybridized carbons (Fsp3) is 0.560. The molecule has 3 aliphatic rings. The molecule has 3 aliphatic heterocycles. The van der Waals surface area contributed by atoms with Crippen LogP contribution in [0.4, 0.5) is 0 Å². The Balaban J connectivity index is 1.66. The van der Waals surface area contributed by atoms with Crippen LogP contribution >= 0.6 is 0 Å². The average molecular weight is 457 g/mol. The predicted molar refractivity (Wildman–Crippen MR) is 120 cm³/mol. The van der Waals surface area contributed by atoms with Crippen LogP contribution < -0.4 is 0 Å². The molecule has 0 aliphatic carbocycles. The number of ether oxygens (including phenoxy) is 1. The number of nitrogens with zero attached hydrogens (tertiary/aromatic N) is 2. The molecule has 3 fully saturated rings. The van der Waals surface area contributed by atoms with E-state index in [0.29, 0.717) is 51.7 Å². The molecule has 2 bridgehead atoms. The van der Waals surface area contributed by atoms with E-state index in [4.69, 9.17) is 9.84 Å². The third kappa shape index (κ3) is 4.06. The van der Waals surface area contributed by atoms with Crippen LogP contribution in [-0.4, -0.2) is 75.2 Å². The van der Waals surface area contributed by atoms with Gasteiger partial charge >= 0.3 is 5.97 Å². The number of aliphatic hydroxyl groups is 1. The Labute approximate surface area is 193 Å². The van der Waals surface area contributed by atoms with Crippen LogP contribution in [0.25, 0.3) is 0 Å². The molecular formula is C25H32N2O6. The maximum absolute atomic E-state index is 14.0. The number of hydrogen-bond acceptors (Lipinski definition) is 5. The maximum atomic E-state index is 14.0. The van der Waals surface area contributed by atoms with Gasteiger partial charge in [-0.15, -0.1) is 6.58 Å². The highest BCUT2D eigenvalue weighted by Crippen LogP contribution is 2.58. The van der Waals surface area contributed by atoms with E-state index < -0.39 is 35.6 Å². The van der Waals surface area contributed by atoms with Crippen molar-refractivity contribution in [1.29, 1.82) is 0 Å². The minimum atomic E-state index is -1.10. The summed E-state index contributed by atoms with van der Waals surface area (Å²) in [6.45, 7) is 4.87. The molecule has 2 amide bonds. The first kappa shape index (κ1) is 23.4. The largest absolute Gasteiger partial charge is 0.481 e. The molecule has 0 unspecified atom stereocenters. The number of carboxylic acid groups (broad SMARTS) is 1. The van der Waals surface area contributed by atoms with E-state index in [-0.39, 0.29) is 18.4 Å². The van der Waals surface area contributed by atoms with E-state index in [1.54, 1.807) is 15.9 Å². The smallest absolute Gasteiger partial charge is 0.310 e. The first-order chi connectivity index (χ1) is 15.9. The van der Waals surface area contributed by atoms with Crippen LogP contribution in [0.15, 0.2) is 43.0 Å². The summed E-state index contributed by atoms with van der Waals surface area (Å²) in [7, 11) is 0. The fourth-order valence-corrected chi connectivity index (χ4v) is 5.89.